The Morgan fingerprint density at radius 2 is 2.29 bits per heavy atom. The molecule has 0 aromatic carbocycles. The van der Waals surface area contributed by atoms with Gasteiger partial charge >= 0.3 is 0 Å². The normalized spacial score (nSPS) is 15.3. The van der Waals surface area contributed by atoms with Crippen LogP contribution in [0.1, 0.15) is 39.1 Å². The van der Waals surface area contributed by atoms with Crippen LogP contribution in [0.2, 0.25) is 0 Å². The van der Waals surface area contributed by atoms with Crippen molar-refractivity contribution in [2.24, 2.45) is 0 Å². The second-order valence-corrected chi connectivity index (χ2v) is 8.14. The number of hydrogen-bond acceptors (Lipinski definition) is 4. The van der Waals surface area contributed by atoms with Gasteiger partial charge < -0.3 is 5.32 Å². The molecule has 0 saturated carbocycles. The Morgan fingerprint density at radius 1 is 1.38 bits per heavy atom. The average Bonchev–Trinajstić information content (AvgIpc) is 3.06. The number of rotatable bonds is 6. The topological polar surface area (TPSA) is 15.3 Å². The van der Waals surface area contributed by atoms with Crippen LogP contribution in [-0.2, 0) is 26.1 Å². The summed E-state index contributed by atoms with van der Waals surface area (Å²) in [5.41, 5.74) is 3.07. The molecule has 0 spiro atoms. The van der Waals surface area contributed by atoms with Gasteiger partial charge in [0.1, 0.15) is 0 Å². The molecule has 2 aromatic rings. The van der Waals surface area contributed by atoms with E-state index in [1.807, 2.05) is 22.7 Å². The van der Waals surface area contributed by atoms with Crippen LogP contribution in [0.5, 0.6) is 0 Å². The Hall–Kier alpha value is -0.680. The van der Waals surface area contributed by atoms with Crippen LogP contribution < -0.4 is 5.32 Å². The number of thiophene rings is 2. The minimum atomic E-state index is 1.02. The summed E-state index contributed by atoms with van der Waals surface area (Å²) in [7, 11) is 0. The molecule has 3 heterocycles. The molecular weight excluding hydrogens is 296 g/mol. The quantitative estimate of drug-likeness (QED) is 0.803. The van der Waals surface area contributed by atoms with E-state index in [1.165, 1.54) is 34.7 Å². The predicted octanol–water partition coefficient (Wildman–Crippen LogP) is 4.18. The van der Waals surface area contributed by atoms with Gasteiger partial charge in [-0.1, -0.05) is 6.92 Å². The first-order valence-corrected chi connectivity index (χ1v) is 9.52. The Morgan fingerprint density at radius 3 is 3.14 bits per heavy atom. The monoisotopic (exact) mass is 320 g/mol. The van der Waals surface area contributed by atoms with E-state index in [9.17, 15) is 0 Å². The molecule has 0 amide bonds. The number of nitrogens with zero attached hydrogens (tertiary/aromatic N) is 1. The maximum absolute atomic E-state index is 3.50. The molecule has 2 aromatic heterocycles. The molecule has 2 nitrogen and oxygen atoms in total. The third-order valence-electron chi connectivity index (χ3n) is 4.08. The molecule has 0 radical (unpaired) electrons. The minimum Gasteiger partial charge on any atom is -0.312 e. The molecule has 0 bridgehead atoms. The van der Waals surface area contributed by atoms with Crippen molar-refractivity contribution in [2.45, 2.75) is 46.3 Å². The highest BCUT2D eigenvalue weighted by Crippen LogP contribution is 2.27. The third-order valence-corrected chi connectivity index (χ3v) is 6.19. The van der Waals surface area contributed by atoms with Crippen molar-refractivity contribution in [3.8, 4) is 0 Å². The summed E-state index contributed by atoms with van der Waals surface area (Å²) in [6.07, 6.45) is 2.43. The van der Waals surface area contributed by atoms with E-state index in [0.29, 0.717) is 0 Å². The molecule has 114 valence electrons. The zero-order chi connectivity index (χ0) is 14.7. The van der Waals surface area contributed by atoms with Gasteiger partial charge in [-0.3, -0.25) is 4.90 Å². The molecule has 0 atom stereocenters. The summed E-state index contributed by atoms with van der Waals surface area (Å²) < 4.78 is 0. The zero-order valence-electron chi connectivity index (χ0n) is 12.9. The summed E-state index contributed by atoms with van der Waals surface area (Å²) in [6.45, 7) is 10.0. The van der Waals surface area contributed by atoms with Gasteiger partial charge in [0.15, 0.2) is 0 Å². The summed E-state index contributed by atoms with van der Waals surface area (Å²) >= 11 is 3.87. The SMILES string of the molecule is CCCNCc1cc(CN2CCc3sccc3C2)c(C)s1. The van der Waals surface area contributed by atoms with Gasteiger partial charge in [-0.25, -0.2) is 0 Å². The smallest absolute Gasteiger partial charge is 0.0299 e. The Balaban J connectivity index is 1.60. The first-order chi connectivity index (χ1) is 10.3. The summed E-state index contributed by atoms with van der Waals surface area (Å²) in [6, 6.07) is 4.71. The molecule has 0 aliphatic carbocycles. The molecule has 21 heavy (non-hydrogen) atoms. The zero-order valence-corrected chi connectivity index (χ0v) is 14.6. The van der Waals surface area contributed by atoms with Gasteiger partial charge in [-0.15, -0.1) is 22.7 Å². The molecule has 1 aliphatic rings. The van der Waals surface area contributed by atoms with Gasteiger partial charge in [0, 0.05) is 40.8 Å². The van der Waals surface area contributed by atoms with E-state index in [0.717, 1.165) is 26.2 Å². The Bertz CT molecular complexity index is 585. The third kappa shape index (κ3) is 3.75. The maximum atomic E-state index is 3.50. The second kappa shape index (κ2) is 7.05. The van der Waals surface area contributed by atoms with E-state index in [4.69, 9.17) is 0 Å². The lowest BCUT2D eigenvalue weighted by Gasteiger charge is -2.26. The highest BCUT2D eigenvalue weighted by molar-refractivity contribution is 7.12. The number of nitrogens with one attached hydrogen (secondary N) is 1. The van der Waals surface area contributed by atoms with Crippen molar-refractivity contribution in [2.75, 3.05) is 13.1 Å². The molecule has 0 unspecified atom stereocenters. The highest BCUT2D eigenvalue weighted by Gasteiger charge is 2.18. The molecule has 0 fully saturated rings. The van der Waals surface area contributed by atoms with Crippen molar-refractivity contribution in [1.29, 1.82) is 0 Å². The van der Waals surface area contributed by atoms with Crippen LogP contribution in [-0.4, -0.2) is 18.0 Å². The number of hydrogen-bond donors (Lipinski definition) is 1. The lowest BCUT2D eigenvalue weighted by molar-refractivity contribution is 0.247. The fourth-order valence-corrected chi connectivity index (χ4v) is 4.82. The maximum Gasteiger partial charge on any atom is 0.0299 e. The van der Waals surface area contributed by atoms with Crippen molar-refractivity contribution >= 4 is 22.7 Å². The van der Waals surface area contributed by atoms with Crippen LogP contribution in [0.15, 0.2) is 17.5 Å². The fourth-order valence-electron chi connectivity index (χ4n) is 2.90. The van der Waals surface area contributed by atoms with E-state index in [2.05, 4.69) is 41.6 Å². The van der Waals surface area contributed by atoms with Gasteiger partial charge in [0.2, 0.25) is 0 Å². The number of aryl methyl sites for hydroxylation is 1. The summed E-state index contributed by atoms with van der Waals surface area (Å²) in [5, 5.41) is 5.74. The van der Waals surface area contributed by atoms with Gasteiger partial charge in [-0.05, 0) is 54.9 Å². The highest BCUT2D eigenvalue weighted by atomic mass is 32.1. The van der Waals surface area contributed by atoms with Gasteiger partial charge in [0.05, 0.1) is 0 Å². The summed E-state index contributed by atoms with van der Waals surface area (Å²) in [5.74, 6) is 0. The van der Waals surface area contributed by atoms with Gasteiger partial charge in [0.25, 0.3) is 0 Å². The van der Waals surface area contributed by atoms with Crippen molar-refractivity contribution < 1.29 is 0 Å². The molecule has 1 aliphatic heterocycles. The van der Waals surface area contributed by atoms with Crippen LogP contribution in [0.25, 0.3) is 0 Å². The van der Waals surface area contributed by atoms with E-state index >= 15 is 0 Å². The Kier molecular flexibility index (Phi) is 5.11. The largest absolute Gasteiger partial charge is 0.312 e. The predicted molar refractivity (Wildman–Crippen MR) is 93.2 cm³/mol. The first kappa shape index (κ1) is 15.2. The van der Waals surface area contributed by atoms with Crippen molar-refractivity contribution in [3.05, 3.63) is 43.3 Å². The Labute approximate surface area is 135 Å². The van der Waals surface area contributed by atoms with Crippen LogP contribution in [0.4, 0.5) is 0 Å². The second-order valence-electron chi connectivity index (χ2n) is 5.80. The van der Waals surface area contributed by atoms with Crippen molar-refractivity contribution in [1.82, 2.24) is 10.2 Å². The molecule has 4 heteroatoms. The molecule has 3 rings (SSSR count). The van der Waals surface area contributed by atoms with E-state index < -0.39 is 0 Å². The lowest BCUT2D eigenvalue weighted by Crippen LogP contribution is -2.29. The minimum absolute atomic E-state index is 1.02. The van der Waals surface area contributed by atoms with E-state index in [-0.39, 0.29) is 0 Å². The molecule has 1 N–H and O–H groups in total. The number of fused-ring (bicyclic) bond motifs is 1. The van der Waals surface area contributed by atoms with E-state index in [1.54, 1.807) is 10.4 Å². The van der Waals surface area contributed by atoms with Crippen LogP contribution in [0.3, 0.4) is 0 Å². The van der Waals surface area contributed by atoms with Crippen LogP contribution >= 0.6 is 22.7 Å². The first-order valence-electron chi connectivity index (χ1n) is 7.82. The van der Waals surface area contributed by atoms with Crippen molar-refractivity contribution in [3.63, 3.8) is 0 Å². The summed E-state index contributed by atoms with van der Waals surface area (Å²) in [4.78, 5) is 7.15. The van der Waals surface area contributed by atoms with Crippen LogP contribution in [0, 0.1) is 6.92 Å². The lowest BCUT2D eigenvalue weighted by atomic mass is 10.1. The molecular formula is C17H24N2S2. The average molecular weight is 321 g/mol. The fraction of sp³-hybridized carbons (Fsp3) is 0.529. The standard InChI is InChI=1S/C17H24N2S2/c1-3-6-18-10-16-9-15(13(2)21-16)12-19-7-4-17-14(11-19)5-8-20-17/h5,8-9,18H,3-4,6-7,10-12H2,1-2H3. The molecule has 0 saturated heterocycles. The van der Waals surface area contributed by atoms with Gasteiger partial charge in [-0.2, -0.15) is 0 Å².